The molecule has 0 saturated carbocycles. The smallest absolute Gasteiger partial charge is 0.382 e. The molecule has 2 aromatic carbocycles. The van der Waals surface area contributed by atoms with Gasteiger partial charge in [0.05, 0.1) is 22.8 Å². The van der Waals surface area contributed by atoms with E-state index in [0.717, 1.165) is 30.2 Å². The van der Waals surface area contributed by atoms with Gasteiger partial charge in [0.1, 0.15) is 6.29 Å². The van der Waals surface area contributed by atoms with Crippen LogP contribution in [0.3, 0.4) is 0 Å². The second-order valence-electron chi connectivity index (χ2n) is 11.1. The van der Waals surface area contributed by atoms with E-state index in [1.807, 2.05) is 11.8 Å². The Kier molecular flexibility index (Phi) is 9.19. The quantitative estimate of drug-likeness (QED) is 0.328. The Morgan fingerprint density at radius 2 is 1.46 bits per heavy atom. The Balaban J connectivity index is 1.25. The van der Waals surface area contributed by atoms with E-state index in [0.29, 0.717) is 70.9 Å². The fourth-order valence-electron chi connectivity index (χ4n) is 5.61. The lowest BCUT2D eigenvalue weighted by Crippen LogP contribution is -2.53. The Labute approximate surface area is 235 Å². The molecule has 41 heavy (non-hydrogen) atoms. The maximum absolute atomic E-state index is 13.3. The maximum Gasteiger partial charge on any atom is 0.417 e. The molecule has 222 valence electrons. The number of hydrogen-bond acceptors (Lipinski definition) is 6. The lowest BCUT2D eigenvalue weighted by molar-refractivity contribution is -0.138. The van der Waals surface area contributed by atoms with E-state index < -0.39 is 34.5 Å². The normalized spacial score (nSPS) is 19.4. The fraction of sp³-hybridized carbons (Fsp3) is 0.517. The summed E-state index contributed by atoms with van der Waals surface area (Å²) >= 11 is 0. The van der Waals surface area contributed by atoms with E-state index in [-0.39, 0.29) is 6.04 Å². The van der Waals surface area contributed by atoms with Crippen molar-refractivity contribution in [2.24, 2.45) is 5.41 Å². The van der Waals surface area contributed by atoms with Crippen molar-refractivity contribution < 1.29 is 31.1 Å². The number of piperidine rings is 1. The number of alkyl halides is 6. The summed E-state index contributed by atoms with van der Waals surface area (Å²) in [6.45, 7) is 7.05. The van der Waals surface area contributed by atoms with Crippen LogP contribution in [0.5, 0.6) is 0 Å². The molecule has 12 heteroatoms. The van der Waals surface area contributed by atoms with Crippen molar-refractivity contribution in [1.29, 1.82) is 5.26 Å². The second-order valence-corrected chi connectivity index (χ2v) is 11.1. The van der Waals surface area contributed by atoms with E-state index in [1.54, 1.807) is 6.07 Å². The van der Waals surface area contributed by atoms with E-state index in [9.17, 15) is 31.1 Å². The minimum absolute atomic E-state index is 0.0268. The number of hydrogen-bond donors (Lipinski definition) is 1. The van der Waals surface area contributed by atoms with Crippen molar-refractivity contribution in [3.05, 3.63) is 59.2 Å². The average molecular weight is 582 g/mol. The molecule has 4 rings (SSSR count). The van der Waals surface area contributed by atoms with Gasteiger partial charge >= 0.3 is 12.4 Å². The van der Waals surface area contributed by atoms with Crippen LogP contribution >= 0.6 is 0 Å². The van der Waals surface area contributed by atoms with Gasteiger partial charge in [-0.1, -0.05) is 6.92 Å². The molecule has 0 spiro atoms. The van der Waals surface area contributed by atoms with Crippen molar-refractivity contribution >= 4 is 17.7 Å². The van der Waals surface area contributed by atoms with Crippen LogP contribution in [0.1, 0.15) is 36.5 Å². The van der Waals surface area contributed by atoms with E-state index in [1.165, 1.54) is 24.3 Å². The number of halogens is 6. The van der Waals surface area contributed by atoms with Crippen LogP contribution < -0.4 is 10.2 Å². The molecule has 0 aromatic heterocycles. The Bertz CT molecular complexity index is 1230. The van der Waals surface area contributed by atoms with Gasteiger partial charge in [-0.05, 0) is 55.3 Å². The Hall–Kier alpha value is -3.30. The average Bonchev–Trinajstić information content (AvgIpc) is 2.93. The molecule has 1 atom stereocenters. The van der Waals surface area contributed by atoms with Crippen molar-refractivity contribution in [3.63, 3.8) is 0 Å². The summed E-state index contributed by atoms with van der Waals surface area (Å²) in [4.78, 5) is 18.6. The predicted octanol–water partition coefficient (Wildman–Crippen LogP) is 5.50. The Morgan fingerprint density at radius 3 is 1.98 bits per heavy atom. The van der Waals surface area contributed by atoms with E-state index in [4.69, 9.17) is 5.26 Å². The molecule has 1 unspecified atom stereocenters. The van der Waals surface area contributed by atoms with Gasteiger partial charge in [-0.2, -0.15) is 31.6 Å². The number of benzene rings is 2. The number of carbonyl (C=O) groups excluding carboxylic acids is 1. The molecule has 2 aliphatic rings. The first-order valence-electron chi connectivity index (χ1n) is 13.5. The number of nitrogens with one attached hydrogen (secondary N) is 1. The highest BCUT2D eigenvalue weighted by Crippen LogP contribution is 2.34. The summed E-state index contributed by atoms with van der Waals surface area (Å²) in [5.74, 6) is 0. The first-order chi connectivity index (χ1) is 19.3. The number of nitrogens with zero attached hydrogens (tertiary/aromatic N) is 4. The van der Waals surface area contributed by atoms with E-state index >= 15 is 0 Å². The van der Waals surface area contributed by atoms with Gasteiger partial charge in [0.2, 0.25) is 0 Å². The molecule has 2 fully saturated rings. The topological polar surface area (TPSA) is 62.6 Å². The van der Waals surface area contributed by atoms with Gasteiger partial charge < -0.3 is 19.9 Å². The van der Waals surface area contributed by atoms with Gasteiger partial charge in [-0.3, -0.25) is 4.90 Å². The number of aldehydes is 1. The maximum atomic E-state index is 13.3. The van der Waals surface area contributed by atoms with Crippen LogP contribution in [-0.2, 0) is 17.1 Å². The van der Waals surface area contributed by atoms with Gasteiger partial charge in [-0.15, -0.1) is 0 Å². The molecule has 6 nitrogen and oxygen atoms in total. The van der Waals surface area contributed by atoms with Crippen LogP contribution in [0.15, 0.2) is 42.5 Å². The lowest BCUT2D eigenvalue weighted by atomic mass is 9.89. The summed E-state index contributed by atoms with van der Waals surface area (Å²) in [6.07, 6.45) is -6.60. The molecule has 0 bridgehead atoms. The van der Waals surface area contributed by atoms with Crippen LogP contribution in [-0.4, -0.2) is 74.5 Å². The number of likely N-dealkylation sites (tertiary alicyclic amines) is 1. The minimum atomic E-state index is -4.61. The third-order valence-electron chi connectivity index (χ3n) is 7.79. The summed E-state index contributed by atoms with van der Waals surface area (Å²) in [7, 11) is 0. The second kappa shape index (κ2) is 12.3. The van der Waals surface area contributed by atoms with Crippen molar-refractivity contribution in [1.82, 2.24) is 9.80 Å². The zero-order valence-corrected chi connectivity index (χ0v) is 22.7. The number of rotatable bonds is 8. The summed E-state index contributed by atoms with van der Waals surface area (Å²) < 4.78 is 78.5. The first kappa shape index (κ1) is 30.7. The van der Waals surface area contributed by atoms with Gasteiger partial charge in [0.25, 0.3) is 0 Å². The molecule has 2 heterocycles. The molecule has 0 amide bonds. The summed E-state index contributed by atoms with van der Waals surface area (Å²) in [5.41, 5.74) is -1.60. The fourth-order valence-corrected chi connectivity index (χ4v) is 5.61. The zero-order chi connectivity index (χ0) is 29.8. The monoisotopic (exact) mass is 581 g/mol. The molecule has 0 radical (unpaired) electrons. The number of carbonyl (C=O) groups is 1. The van der Waals surface area contributed by atoms with Crippen LogP contribution in [0, 0.1) is 16.7 Å². The third kappa shape index (κ3) is 7.92. The summed E-state index contributed by atoms with van der Waals surface area (Å²) in [6, 6.07) is 10.4. The highest BCUT2D eigenvalue weighted by Gasteiger charge is 2.35. The van der Waals surface area contributed by atoms with Crippen LogP contribution in [0.25, 0.3) is 0 Å². The van der Waals surface area contributed by atoms with E-state index in [2.05, 4.69) is 15.1 Å². The molecular weight excluding hydrogens is 548 g/mol. The SMILES string of the molecule is CC(C=O)(CN1CCC(Nc2ccc(C#N)c(C(F)(F)F)c2)CC1)CN1CCN(c2ccc(C(F)(F)F)cc2)CC1. The van der Waals surface area contributed by atoms with Crippen LogP contribution in [0.2, 0.25) is 0 Å². The third-order valence-corrected chi connectivity index (χ3v) is 7.79. The predicted molar refractivity (Wildman–Crippen MR) is 144 cm³/mol. The summed E-state index contributed by atoms with van der Waals surface area (Å²) in [5, 5.41) is 12.2. The molecular formula is C29H33F6N5O. The number of piperazine rings is 1. The lowest BCUT2D eigenvalue weighted by Gasteiger charge is -2.42. The van der Waals surface area contributed by atoms with Crippen molar-refractivity contribution in [2.75, 3.05) is 62.6 Å². The number of anilines is 2. The van der Waals surface area contributed by atoms with Gasteiger partial charge in [0, 0.05) is 75.2 Å². The number of nitriles is 1. The van der Waals surface area contributed by atoms with Crippen molar-refractivity contribution in [3.8, 4) is 6.07 Å². The molecule has 0 aliphatic carbocycles. The van der Waals surface area contributed by atoms with Crippen LogP contribution in [0.4, 0.5) is 37.7 Å². The van der Waals surface area contributed by atoms with Gasteiger partial charge in [0.15, 0.2) is 0 Å². The molecule has 2 aliphatic heterocycles. The van der Waals surface area contributed by atoms with Crippen molar-refractivity contribution in [2.45, 2.75) is 38.2 Å². The molecule has 1 N–H and O–H groups in total. The first-order valence-corrected chi connectivity index (χ1v) is 13.5. The zero-order valence-electron chi connectivity index (χ0n) is 22.7. The Morgan fingerprint density at radius 1 is 0.878 bits per heavy atom. The minimum Gasteiger partial charge on any atom is -0.382 e. The highest BCUT2D eigenvalue weighted by molar-refractivity contribution is 5.59. The molecule has 2 saturated heterocycles. The standard InChI is InChI=1S/C29H33F6N5O/c1-27(20-41,19-39-12-14-40(15-13-39)25-6-3-22(4-7-25)28(30,31)32)18-38-10-8-23(9-11-38)37-24-5-2-21(17-36)26(16-24)29(33,34)35/h2-7,16,20,23,37H,8-15,18-19H2,1H3. The van der Waals surface area contributed by atoms with Gasteiger partial charge in [-0.25, -0.2) is 0 Å². The highest BCUT2D eigenvalue weighted by atomic mass is 19.4. The molecule has 2 aromatic rings. The largest absolute Gasteiger partial charge is 0.417 e.